The summed E-state index contributed by atoms with van der Waals surface area (Å²) in [6.45, 7) is 2.22. The molecule has 3 rings (SSSR count). The van der Waals surface area contributed by atoms with Crippen LogP contribution < -0.4 is 10.4 Å². The Balaban J connectivity index is 2.25. The van der Waals surface area contributed by atoms with Crippen molar-refractivity contribution in [1.82, 2.24) is 0 Å². The van der Waals surface area contributed by atoms with E-state index < -0.39 is 0 Å². The SMILES string of the molecule is CCc1ccc2c(c1)=CC1CC1C=2. The normalized spacial score (nSPS) is 28.1. The third-order valence-corrected chi connectivity index (χ3v) is 3.24. The van der Waals surface area contributed by atoms with Gasteiger partial charge in [-0.25, -0.2) is 0 Å². The van der Waals surface area contributed by atoms with Crippen LogP contribution in [-0.4, -0.2) is 0 Å². The molecule has 0 nitrogen and oxygen atoms in total. The standard InChI is InChI=1S/C13H14/c1-2-9-3-4-10-6-12-8-13(12)7-11(10)5-9/h3-7,12-13H,2,8H2,1H3. The van der Waals surface area contributed by atoms with Crippen LogP contribution in [0.5, 0.6) is 0 Å². The first-order chi connectivity index (χ1) is 6.36. The van der Waals surface area contributed by atoms with Crippen LogP contribution in [-0.2, 0) is 6.42 Å². The number of aryl methyl sites for hydroxylation is 1. The zero-order chi connectivity index (χ0) is 8.84. The number of rotatable bonds is 1. The summed E-state index contributed by atoms with van der Waals surface area (Å²) in [4.78, 5) is 0. The first kappa shape index (κ1) is 7.37. The van der Waals surface area contributed by atoms with Crippen molar-refractivity contribution in [3.05, 3.63) is 34.2 Å². The molecule has 0 heterocycles. The summed E-state index contributed by atoms with van der Waals surface area (Å²) in [6.07, 6.45) is 7.43. The molecule has 0 amide bonds. The van der Waals surface area contributed by atoms with E-state index in [-0.39, 0.29) is 0 Å². The Labute approximate surface area is 78.6 Å². The highest BCUT2D eigenvalue weighted by Crippen LogP contribution is 2.41. The molecule has 1 saturated carbocycles. The van der Waals surface area contributed by atoms with Crippen molar-refractivity contribution in [2.45, 2.75) is 19.8 Å². The molecule has 0 aromatic heterocycles. The average molecular weight is 170 g/mol. The van der Waals surface area contributed by atoms with E-state index in [0.717, 1.165) is 18.3 Å². The molecule has 2 atom stereocenters. The minimum atomic E-state index is 0.875. The van der Waals surface area contributed by atoms with Crippen molar-refractivity contribution in [3.63, 3.8) is 0 Å². The molecule has 0 N–H and O–H groups in total. The first-order valence-corrected chi connectivity index (χ1v) is 5.19. The average Bonchev–Trinajstić information content (AvgIpc) is 2.91. The molecule has 0 aliphatic heterocycles. The van der Waals surface area contributed by atoms with Crippen LogP contribution in [0.2, 0.25) is 0 Å². The molecule has 0 saturated heterocycles. The zero-order valence-electron chi connectivity index (χ0n) is 7.96. The summed E-state index contributed by atoms with van der Waals surface area (Å²) < 4.78 is 0. The first-order valence-electron chi connectivity index (χ1n) is 5.19. The monoisotopic (exact) mass is 170 g/mol. The molecule has 2 aliphatic rings. The van der Waals surface area contributed by atoms with Gasteiger partial charge in [0, 0.05) is 0 Å². The summed E-state index contributed by atoms with van der Waals surface area (Å²) >= 11 is 0. The molecule has 1 fully saturated rings. The Kier molecular flexibility index (Phi) is 1.40. The maximum atomic E-state index is 2.46. The summed E-state index contributed by atoms with van der Waals surface area (Å²) in [5, 5.41) is 2.93. The van der Waals surface area contributed by atoms with Crippen molar-refractivity contribution in [3.8, 4) is 0 Å². The largest absolute Gasteiger partial charge is 0.0729 e. The van der Waals surface area contributed by atoms with E-state index in [2.05, 4.69) is 37.3 Å². The third-order valence-electron chi connectivity index (χ3n) is 3.24. The molecule has 1 aromatic carbocycles. The molecule has 66 valence electrons. The van der Waals surface area contributed by atoms with Gasteiger partial charge in [0.25, 0.3) is 0 Å². The van der Waals surface area contributed by atoms with Crippen molar-refractivity contribution in [2.75, 3.05) is 0 Å². The highest BCUT2D eigenvalue weighted by atomic mass is 14.4. The van der Waals surface area contributed by atoms with E-state index >= 15 is 0 Å². The molecular formula is C13H14. The molecular weight excluding hydrogens is 156 g/mol. The highest BCUT2D eigenvalue weighted by molar-refractivity contribution is 5.49. The Morgan fingerprint density at radius 2 is 1.92 bits per heavy atom. The minimum absolute atomic E-state index is 0.875. The Hall–Kier alpha value is -1.04. The van der Waals surface area contributed by atoms with Crippen LogP contribution in [0.4, 0.5) is 0 Å². The van der Waals surface area contributed by atoms with E-state index in [9.17, 15) is 0 Å². The fraction of sp³-hybridized carbons (Fsp3) is 0.385. The second kappa shape index (κ2) is 2.47. The lowest BCUT2D eigenvalue weighted by Gasteiger charge is -2.01. The van der Waals surface area contributed by atoms with Gasteiger partial charge in [-0.05, 0) is 40.7 Å². The van der Waals surface area contributed by atoms with E-state index in [1.165, 1.54) is 22.4 Å². The molecule has 1 aromatic rings. The van der Waals surface area contributed by atoms with Gasteiger partial charge < -0.3 is 0 Å². The molecule has 13 heavy (non-hydrogen) atoms. The van der Waals surface area contributed by atoms with Crippen molar-refractivity contribution in [1.29, 1.82) is 0 Å². The number of hydrogen-bond donors (Lipinski definition) is 0. The minimum Gasteiger partial charge on any atom is -0.0729 e. The quantitative estimate of drug-likeness (QED) is 0.598. The van der Waals surface area contributed by atoms with Crippen LogP contribution in [0.25, 0.3) is 12.2 Å². The topological polar surface area (TPSA) is 0 Å². The summed E-state index contributed by atoms with van der Waals surface area (Å²) in [7, 11) is 0. The second-order valence-corrected chi connectivity index (χ2v) is 4.21. The van der Waals surface area contributed by atoms with E-state index in [1.54, 1.807) is 0 Å². The molecule has 0 radical (unpaired) electrons. The molecule has 2 unspecified atom stereocenters. The maximum Gasteiger partial charge on any atom is -0.0155 e. The summed E-state index contributed by atoms with van der Waals surface area (Å²) in [5.41, 5.74) is 1.46. The predicted octanol–water partition coefficient (Wildman–Crippen LogP) is 1.46. The fourth-order valence-electron chi connectivity index (χ4n) is 2.22. The number of hydrogen-bond acceptors (Lipinski definition) is 0. The van der Waals surface area contributed by atoms with Crippen LogP contribution in [0, 0.1) is 11.8 Å². The maximum absolute atomic E-state index is 2.46. The van der Waals surface area contributed by atoms with Crippen LogP contribution in [0.1, 0.15) is 18.9 Å². The third kappa shape index (κ3) is 1.13. The Morgan fingerprint density at radius 3 is 2.69 bits per heavy atom. The van der Waals surface area contributed by atoms with Gasteiger partial charge in [0.2, 0.25) is 0 Å². The van der Waals surface area contributed by atoms with Gasteiger partial charge >= 0.3 is 0 Å². The van der Waals surface area contributed by atoms with Crippen molar-refractivity contribution < 1.29 is 0 Å². The smallest absolute Gasteiger partial charge is 0.0155 e. The summed E-state index contributed by atoms with van der Waals surface area (Å²) in [6, 6.07) is 6.88. The van der Waals surface area contributed by atoms with E-state index in [0.29, 0.717) is 0 Å². The lowest BCUT2D eigenvalue weighted by Crippen LogP contribution is -2.27. The van der Waals surface area contributed by atoms with Gasteiger partial charge in [-0.2, -0.15) is 0 Å². The van der Waals surface area contributed by atoms with Crippen LogP contribution in [0.3, 0.4) is 0 Å². The molecule has 2 aliphatic carbocycles. The van der Waals surface area contributed by atoms with Crippen molar-refractivity contribution >= 4 is 12.2 Å². The Morgan fingerprint density at radius 1 is 1.15 bits per heavy atom. The Bertz CT molecular complexity index is 453. The molecule has 0 heteroatoms. The second-order valence-electron chi connectivity index (χ2n) is 4.21. The van der Waals surface area contributed by atoms with E-state index in [1.807, 2.05) is 0 Å². The van der Waals surface area contributed by atoms with Gasteiger partial charge in [0.15, 0.2) is 0 Å². The van der Waals surface area contributed by atoms with Gasteiger partial charge in [0.05, 0.1) is 0 Å². The predicted molar refractivity (Wildman–Crippen MR) is 55.6 cm³/mol. The lowest BCUT2D eigenvalue weighted by atomic mass is 10.0. The number of benzene rings is 1. The van der Waals surface area contributed by atoms with Gasteiger partial charge in [-0.3, -0.25) is 0 Å². The lowest BCUT2D eigenvalue weighted by molar-refractivity contribution is 1.05. The van der Waals surface area contributed by atoms with Gasteiger partial charge in [0.1, 0.15) is 0 Å². The highest BCUT2D eigenvalue weighted by Gasteiger charge is 2.34. The number of fused-ring (bicyclic) bond motifs is 2. The van der Waals surface area contributed by atoms with Crippen LogP contribution >= 0.6 is 0 Å². The molecule has 0 bridgehead atoms. The van der Waals surface area contributed by atoms with Crippen molar-refractivity contribution in [2.24, 2.45) is 11.8 Å². The summed E-state index contributed by atoms with van der Waals surface area (Å²) in [5.74, 6) is 1.75. The van der Waals surface area contributed by atoms with Crippen LogP contribution in [0.15, 0.2) is 18.2 Å². The van der Waals surface area contributed by atoms with Gasteiger partial charge in [-0.1, -0.05) is 37.3 Å². The zero-order valence-corrected chi connectivity index (χ0v) is 7.96. The van der Waals surface area contributed by atoms with E-state index in [4.69, 9.17) is 0 Å². The molecule has 0 spiro atoms. The van der Waals surface area contributed by atoms with Gasteiger partial charge in [-0.15, -0.1) is 0 Å². The fourth-order valence-corrected chi connectivity index (χ4v) is 2.22.